The Labute approximate surface area is 163 Å². The van der Waals surface area contributed by atoms with E-state index in [2.05, 4.69) is 25.9 Å². The van der Waals surface area contributed by atoms with Gasteiger partial charge in [0.05, 0.1) is 4.47 Å². The zero-order valence-electron chi connectivity index (χ0n) is 13.9. The van der Waals surface area contributed by atoms with E-state index in [1.807, 2.05) is 4.90 Å². The summed E-state index contributed by atoms with van der Waals surface area (Å²) in [6.45, 7) is 1.88. The van der Waals surface area contributed by atoms with Crippen LogP contribution < -0.4 is 4.90 Å². The molecular formula is C17H17BrClFN4O2. The Morgan fingerprint density at radius 2 is 1.96 bits per heavy atom. The number of anilines is 1. The van der Waals surface area contributed by atoms with Gasteiger partial charge in [-0.05, 0) is 65.3 Å². The lowest BCUT2D eigenvalue weighted by atomic mass is 9.85. The van der Waals surface area contributed by atoms with Crippen molar-refractivity contribution in [1.29, 1.82) is 0 Å². The third kappa shape index (κ3) is 2.79. The monoisotopic (exact) mass is 442 g/mol. The van der Waals surface area contributed by atoms with Gasteiger partial charge in [-0.15, -0.1) is 0 Å². The number of carbonyl (C=O) groups is 1. The number of aromatic nitrogens is 2. The van der Waals surface area contributed by atoms with Gasteiger partial charge < -0.3 is 14.9 Å². The molecule has 1 amide bonds. The first-order chi connectivity index (χ1) is 12.4. The van der Waals surface area contributed by atoms with Crippen molar-refractivity contribution < 1.29 is 14.3 Å². The molecule has 4 rings (SSSR count). The number of carboxylic acid groups (broad SMARTS) is 1. The van der Waals surface area contributed by atoms with Gasteiger partial charge in [0, 0.05) is 30.6 Å². The second-order valence-corrected chi connectivity index (χ2v) is 8.02. The summed E-state index contributed by atoms with van der Waals surface area (Å²) in [7, 11) is 0. The SMILES string of the molecule is O=C(O)N1CCCC12CCN(c1nc(Cl)nc3c(F)c(Br)ccc13)CC2. The van der Waals surface area contributed by atoms with Crippen LogP contribution in [0.4, 0.5) is 15.0 Å². The topological polar surface area (TPSA) is 69.6 Å². The maximum absolute atomic E-state index is 14.4. The van der Waals surface area contributed by atoms with Crippen molar-refractivity contribution in [2.45, 2.75) is 31.2 Å². The van der Waals surface area contributed by atoms with E-state index in [1.54, 1.807) is 17.0 Å². The second kappa shape index (κ2) is 6.49. The summed E-state index contributed by atoms with van der Waals surface area (Å²) >= 11 is 9.20. The highest BCUT2D eigenvalue weighted by Crippen LogP contribution is 2.40. The van der Waals surface area contributed by atoms with Gasteiger partial charge in [-0.25, -0.2) is 14.2 Å². The van der Waals surface area contributed by atoms with Gasteiger partial charge in [-0.3, -0.25) is 0 Å². The van der Waals surface area contributed by atoms with E-state index in [4.69, 9.17) is 11.6 Å². The van der Waals surface area contributed by atoms with Gasteiger partial charge in [-0.2, -0.15) is 4.98 Å². The van der Waals surface area contributed by atoms with Crippen molar-refractivity contribution in [2.75, 3.05) is 24.5 Å². The highest BCUT2D eigenvalue weighted by Gasteiger charge is 2.45. The molecule has 2 aromatic rings. The van der Waals surface area contributed by atoms with E-state index < -0.39 is 11.9 Å². The Balaban J connectivity index is 1.66. The van der Waals surface area contributed by atoms with Crippen molar-refractivity contribution in [3.63, 3.8) is 0 Å². The quantitative estimate of drug-likeness (QED) is 0.666. The summed E-state index contributed by atoms with van der Waals surface area (Å²) in [6, 6.07) is 3.41. The van der Waals surface area contributed by atoms with Gasteiger partial charge in [-0.1, -0.05) is 0 Å². The van der Waals surface area contributed by atoms with Crippen LogP contribution in [0.15, 0.2) is 16.6 Å². The fraction of sp³-hybridized carbons (Fsp3) is 0.471. The molecule has 1 aromatic heterocycles. The van der Waals surface area contributed by atoms with Crippen LogP contribution in [0.5, 0.6) is 0 Å². The van der Waals surface area contributed by atoms with Crippen LogP contribution in [-0.2, 0) is 0 Å². The maximum Gasteiger partial charge on any atom is 0.407 e. The molecule has 2 aliphatic rings. The smallest absolute Gasteiger partial charge is 0.407 e. The van der Waals surface area contributed by atoms with E-state index in [-0.39, 0.29) is 16.3 Å². The van der Waals surface area contributed by atoms with Crippen LogP contribution in [0.1, 0.15) is 25.7 Å². The molecule has 9 heteroatoms. The highest BCUT2D eigenvalue weighted by atomic mass is 79.9. The fourth-order valence-electron chi connectivity index (χ4n) is 4.23. The number of fused-ring (bicyclic) bond motifs is 1. The third-order valence-electron chi connectivity index (χ3n) is 5.53. The van der Waals surface area contributed by atoms with Crippen LogP contribution >= 0.6 is 27.5 Å². The summed E-state index contributed by atoms with van der Waals surface area (Å²) in [4.78, 5) is 23.5. The normalized spacial score (nSPS) is 19.5. The van der Waals surface area contributed by atoms with Crippen LogP contribution in [0.25, 0.3) is 10.9 Å². The number of hydrogen-bond donors (Lipinski definition) is 1. The number of piperidine rings is 1. The molecule has 0 saturated carbocycles. The van der Waals surface area contributed by atoms with Crippen molar-refractivity contribution in [2.24, 2.45) is 0 Å². The van der Waals surface area contributed by atoms with E-state index in [1.165, 1.54) is 0 Å². The number of likely N-dealkylation sites (tertiary alicyclic amines) is 1. The standard InChI is InChI=1S/C17H17BrClFN4O2/c18-11-3-2-10-13(12(11)20)21-15(19)22-14(10)23-8-5-17(6-9-23)4-1-7-24(17)16(25)26/h2-3H,1,4-9H2,(H,25,26). The van der Waals surface area contributed by atoms with Gasteiger partial charge >= 0.3 is 6.09 Å². The Kier molecular flexibility index (Phi) is 4.43. The molecule has 2 fully saturated rings. The van der Waals surface area contributed by atoms with E-state index in [0.717, 1.165) is 25.7 Å². The molecule has 0 bridgehead atoms. The first kappa shape index (κ1) is 17.7. The molecule has 1 spiro atoms. The Morgan fingerprint density at radius 1 is 1.23 bits per heavy atom. The summed E-state index contributed by atoms with van der Waals surface area (Å²) in [5.41, 5.74) is -0.105. The molecule has 0 atom stereocenters. The average Bonchev–Trinajstić information content (AvgIpc) is 3.02. The van der Waals surface area contributed by atoms with E-state index >= 15 is 0 Å². The van der Waals surface area contributed by atoms with Crippen molar-refractivity contribution in [1.82, 2.24) is 14.9 Å². The minimum Gasteiger partial charge on any atom is -0.465 e. The minimum atomic E-state index is -0.849. The summed E-state index contributed by atoms with van der Waals surface area (Å²) < 4.78 is 14.7. The molecule has 6 nitrogen and oxygen atoms in total. The van der Waals surface area contributed by atoms with Gasteiger partial charge in [0.1, 0.15) is 11.3 Å². The van der Waals surface area contributed by atoms with Gasteiger partial charge in [0.2, 0.25) is 5.28 Å². The number of amides is 1. The number of rotatable bonds is 1. The molecule has 0 aliphatic carbocycles. The summed E-state index contributed by atoms with van der Waals surface area (Å²) in [5.74, 6) is 0.135. The predicted molar refractivity (Wildman–Crippen MR) is 100 cm³/mol. The van der Waals surface area contributed by atoms with Crippen molar-refractivity contribution >= 4 is 50.3 Å². The Bertz CT molecular complexity index is 889. The summed E-state index contributed by atoms with van der Waals surface area (Å²) in [5, 5.41) is 10.1. The first-order valence-corrected chi connectivity index (χ1v) is 9.65. The minimum absolute atomic E-state index is 0.00202. The number of benzene rings is 1. The van der Waals surface area contributed by atoms with E-state index in [0.29, 0.717) is 35.3 Å². The van der Waals surface area contributed by atoms with Crippen LogP contribution in [0, 0.1) is 5.82 Å². The Morgan fingerprint density at radius 3 is 2.65 bits per heavy atom. The number of hydrogen-bond acceptors (Lipinski definition) is 4. The van der Waals surface area contributed by atoms with Crippen LogP contribution in [0.2, 0.25) is 5.28 Å². The molecule has 2 saturated heterocycles. The predicted octanol–water partition coefficient (Wildman–Crippen LogP) is 4.30. The van der Waals surface area contributed by atoms with Crippen LogP contribution in [-0.4, -0.2) is 51.2 Å². The molecule has 0 unspecified atom stereocenters. The summed E-state index contributed by atoms with van der Waals surface area (Å²) in [6.07, 6.45) is 2.38. The largest absolute Gasteiger partial charge is 0.465 e. The molecule has 26 heavy (non-hydrogen) atoms. The van der Waals surface area contributed by atoms with Gasteiger partial charge in [0.25, 0.3) is 0 Å². The molecule has 1 aromatic carbocycles. The lowest BCUT2D eigenvalue weighted by Crippen LogP contribution is -2.54. The van der Waals surface area contributed by atoms with Crippen molar-refractivity contribution in [3.8, 4) is 0 Å². The molecule has 138 valence electrons. The highest BCUT2D eigenvalue weighted by molar-refractivity contribution is 9.10. The molecular weight excluding hydrogens is 427 g/mol. The van der Waals surface area contributed by atoms with E-state index in [9.17, 15) is 14.3 Å². The lowest BCUT2D eigenvalue weighted by Gasteiger charge is -2.44. The molecule has 0 radical (unpaired) electrons. The fourth-order valence-corrected chi connectivity index (χ4v) is 4.71. The number of halogens is 3. The Hall–Kier alpha value is -1.67. The zero-order chi connectivity index (χ0) is 18.5. The maximum atomic E-state index is 14.4. The van der Waals surface area contributed by atoms with Crippen molar-refractivity contribution in [3.05, 3.63) is 27.7 Å². The van der Waals surface area contributed by atoms with Crippen LogP contribution in [0.3, 0.4) is 0 Å². The second-order valence-electron chi connectivity index (χ2n) is 6.82. The average molecular weight is 444 g/mol. The number of nitrogens with zero attached hydrogens (tertiary/aromatic N) is 4. The zero-order valence-corrected chi connectivity index (χ0v) is 16.2. The third-order valence-corrected chi connectivity index (χ3v) is 6.31. The lowest BCUT2D eigenvalue weighted by molar-refractivity contribution is 0.0871. The molecule has 1 N–H and O–H groups in total. The van der Waals surface area contributed by atoms with Gasteiger partial charge in [0.15, 0.2) is 5.82 Å². The first-order valence-electron chi connectivity index (χ1n) is 8.48. The molecule has 3 heterocycles. The molecule has 2 aliphatic heterocycles.